The number of aliphatic hydroxyl groups excluding tert-OH is 2. The van der Waals surface area contributed by atoms with Gasteiger partial charge in [-0.3, -0.25) is 9.59 Å². The average Bonchev–Trinajstić information content (AvgIpc) is 3.31. The van der Waals surface area contributed by atoms with Crippen LogP contribution >= 0.6 is 0 Å². The van der Waals surface area contributed by atoms with Gasteiger partial charge in [0.15, 0.2) is 0 Å². The first-order valence-electron chi connectivity index (χ1n) is 29.4. The molecule has 2 unspecified atom stereocenters. The maximum absolute atomic E-state index is 12.5. The van der Waals surface area contributed by atoms with Gasteiger partial charge in [0.1, 0.15) is 0 Å². The number of esters is 1. The number of carbonyl (C=O) groups excluding carboxylic acids is 2. The van der Waals surface area contributed by atoms with Crippen molar-refractivity contribution in [1.29, 1.82) is 0 Å². The van der Waals surface area contributed by atoms with Crippen molar-refractivity contribution in [1.82, 2.24) is 5.32 Å². The lowest BCUT2D eigenvalue weighted by Crippen LogP contribution is -2.45. The number of carbonyl (C=O) groups is 2. The van der Waals surface area contributed by atoms with E-state index in [0.717, 1.165) is 44.9 Å². The molecular weight excluding hydrogens is 803 g/mol. The van der Waals surface area contributed by atoms with Gasteiger partial charge in [0, 0.05) is 12.8 Å². The predicted molar refractivity (Wildman–Crippen MR) is 283 cm³/mol. The van der Waals surface area contributed by atoms with Gasteiger partial charge in [-0.1, -0.05) is 276 Å². The summed E-state index contributed by atoms with van der Waals surface area (Å²) in [6.45, 7) is 4.95. The fourth-order valence-corrected chi connectivity index (χ4v) is 9.28. The van der Waals surface area contributed by atoms with E-state index in [4.69, 9.17) is 4.74 Å². The zero-order chi connectivity index (χ0) is 47.2. The Labute approximate surface area is 406 Å². The zero-order valence-electron chi connectivity index (χ0n) is 44.0. The van der Waals surface area contributed by atoms with Crippen molar-refractivity contribution in [2.45, 2.75) is 341 Å². The minimum absolute atomic E-state index is 0.000965. The van der Waals surface area contributed by atoms with E-state index in [0.29, 0.717) is 25.9 Å². The molecule has 65 heavy (non-hydrogen) atoms. The lowest BCUT2D eigenvalue weighted by molar-refractivity contribution is -0.143. The molecular formula is C59H115NO5. The standard InChI is InChI=1S/C59H115NO5/c1-3-5-7-9-11-13-15-17-19-20-21-22-25-29-33-37-41-45-49-53-59(64)65-54-50-46-42-38-34-30-26-23-24-28-32-36-40-44-48-52-58(63)60-56(55-61)57(62)51-47-43-39-35-31-27-18-16-14-12-10-8-6-4-2/h17,19,56-57,61-62H,3-16,18,20-55H2,1-2H3,(H,60,63)/b19-17-. The molecule has 0 saturated heterocycles. The van der Waals surface area contributed by atoms with E-state index >= 15 is 0 Å². The Hall–Kier alpha value is -1.40. The molecule has 0 saturated carbocycles. The molecule has 6 nitrogen and oxygen atoms in total. The van der Waals surface area contributed by atoms with Crippen molar-refractivity contribution in [3.63, 3.8) is 0 Å². The third-order valence-corrected chi connectivity index (χ3v) is 13.8. The van der Waals surface area contributed by atoms with Crippen LogP contribution in [-0.4, -0.2) is 47.4 Å². The van der Waals surface area contributed by atoms with Gasteiger partial charge in [-0.25, -0.2) is 0 Å². The molecule has 0 aromatic rings. The summed E-state index contributed by atoms with van der Waals surface area (Å²) in [6.07, 6.45) is 64.8. The maximum Gasteiger partial charge on any atom is 0.305 e. The summed E-state index contributed by atoms with van der Waals surface area (Å²) >= 11 is 0. The van der Waals surface area contributed by atoms with Crippen LogP contribution in [0.15, 0.2) is 12.2 Å². The van der Waals surface area contributed by atoms with Gasteiger partial charge in [-0.05, 0) is 51.4 Å². The molecule has 386 valence electrons. The van der Waals surface area contributed by atoms with E-state index in [2.05, 4.69) is 31.3 Å². The SMILES string of the molecule is CCCCCCCC/C=C\CCCCCCCCCCCC(=O)OCCCCCCCCCCCCCCCCCC(=O)NC(CO)C(O)CCCCCCCCCCCCCCCC. The van der Waals surface area contributed by atoms with Crippen LogP contribution in [0.1, 0.15) is 328 Å². The van der Waals surface area contributed by atoms with Crippen LogP contribution in [-0.2, 0) is 14.3 Å². The van der Waals surface area contributed by atoms with E-state index in [1.54, 1.807) is 0 Å². The molecule has 0 aliphatic rings. The van der Waals surface area contributed by atoms with E-state index in [1.807, 2.05) is 0 Å². The molecule has 0 fully saturated rings. The number of aliphatic hydroxyl groups is 2. The number of rotatable bonds is 55. The Morgan fingerprint density at radius 3 is 1.09 bits per heavy atom. The van der Waals surface area contributed by atoms with Gasteiger partial charge in [0.2, 0.25) is 5.91 Å². The van der Waals surface area contributed by atoms with E-state index in [9.17, 15) is 19.8 Å². The topological polar surface area (TPSA) is 95.9 Å². The minimum Gasteiger partial charge on any atom is -0.466 e. The highest BCUT2D eigenvalue weighted by Gasteiger charge is 2.20. The van der Waals surface area contributed by atoms with Crippen LogP contribution in [0.5, 0.6) is 0 Å². The number of hydrogen-bond acceptors (Lipinski definition) is 5. The lowest BCUT2D eigenvalue weighted by atomic mass is 10.0. The molecule has 1 amide bonds. The largest absolute Gasteiger partial charge is 0.466 e. The van der Waals surface area contributed by atoms with Crippen LogP contribution in [0, 0.1) is 0 Å². The quantitative estimate of drug-likeness (QED) is 0.0321. The maximum atomic E-state index is 12.5. The number of hydrogen-bond donors (Lipinski definition) is 3. The van der Waals surface area contributed by atoms with Crippen molar-refractivity contribution in [2.75, 3.05) is 13.2 Å². The predicted octanol–water partition coefficient (Wildman–Crippen LogP) is 18.1. The van der Waals surface area contributed by atoms with Gasteiger partial charge in [0.25, 0.3) is 0 Å². The number of ether oxygens (including phenoxy) is 1. The first-order chi connectivity index (χ1) is 32.0. The van der Waals surface area contributed by atoms with Crippen LogP contribution in [0.4, 0.5) is 0 Å². The summed E-state index contributed by atoms with van der Waals surface area (Å²) in [4.78, 5) is 24.6. The Bertz CT molecular complexity index is 970. The second-order valence-electron chi connectivity index (χ2n) is 20.3. The van der Waals surface area contributed by atoms with Crippen LogP contribution in [0.3, 0.4) is 0 Å². The Kier molecular flexibility index (Phi) is 54.0. The summed E-state index contributed by atoms with van der Waals surface area (Å²) in [7, 11) is 0. The van der Waals surface area contributed by atoms with Gasteiger partial charge in [-0.15, -0.1) is 0 Å². The summed E-state index contributed by atoms with van der Waals surface area (Å²) < 4.78 is 5.49. The summed E-state index contributed by atoms with van der Waals surface area (Å²) in [6, 6.07) is -0.547. The average molecular weight is 919 g/mol. The smallest absolute Gasteiger partial charge is 0.305 e. The molecule has 0 aliphatic carbocycles. The number of amides is 1. The molecule has 3 N–H and O–H groups in total. The second-order valence-corrected chi connectivity index (χ2v) is 20.3. The molecule has 0 aliphatic heterocycles. The molecule has 0 radical (unpaired) electrons. The molecule has 0 aromatic carbocycles. The number of allylic oxidation sites excluding steroid dienone is 2. The molecule has 0 rings (SSSR count). The number of nitrogens with one attached hydrogen (secondary N) is 1. The molecule has 0 heterocycles. The van der Waals surface area contributed by atoms with Crippen molar-refractivity contribution in [3.05, 3.63) is 12.2 Å². The molecule has 0 bridgehead atoms. The highest BCUT2D eigenvalue weighted by Crippen LogP contribution is 2.17. The summed E-state index contributed by atoms with van der Waals surface area (Å²) in [5, 5.41) is 23.2. The van der Waals surface area contributed by atoms with Gasteiger partial charge in [-0.2, -0.15) is 0 Å². The first kappa shape index (κ1) is 63.6. The third kappa shape index (κ3) is 51.8. The Morgan fingerprint density at radius 1 is 0.415 bits per heavy atom. The van der Waals surface area contributed by atoms with E-state index in [1.165, 1.54) is 250 Å². The Balaban J connectivity index is 3.40. The second kappa shape index (κ2) is 55.2. The van der Waals surface area contributed by atoms with Crippen molar-refractivity contribution in [2.24, 2.45) is 0 Å². The third-order valence-electron chi connectivity index (χ3n) is 13.8. The number of unbranched alkanes of at least 4 members (excludes halogenated alkanes) is 42. The van der Waals surface area contributed by atoms with E-state index < -0.39 is 12.1 Å². The van der Waals surface area contributed by atoms with Crippen molar-refractivity contribution >= 4 is 11.9 Å². The van der Waals surface area contributed by atoms with Gasteiger partial charge < -0.3 is 20.3 Å². The molecule has 6 heteroatoms. The Morgan fingerprint density at radius 2 is 0.723 bits per heavy atom. The fourth-order valence-electron chi connectivity index (χ4n) is 9.28. The first-order valence-corrected chi connectivity index (χ1v) is 29.4. The molecule has 0 spiro atoms. The van der Waals surface area contributed by atoms with Gasteiger partial charge >= 0.3 is 5.97 Å². The van der Waals surface area contributed by atoms with Crippen LogP contribution in [0.25, 0.3) is 0 Å². The molecule has 2 atom stereocenters. The zero-order valence-corrected chi connectivity index (χ0v) is 44.0. The van der Waals surface area contributed by atoms with Gasteiger partial charge in [0.05, 0.1) is 25.4 Å². The highest BCUT2D eigenvalue weighted by atomic mass is 16.5. The summed E-state index contributed by atoms with van der Waals surface area (Å²) in [5.74, 6) is -0.0407. The van der Waals surface area contributed by atoms with E-state index in [-0.39, 0.29) is 18.5 Å². The van der Waals surface area contributed by atoms with Crippen LogP contribution < -0.4 is 5.32 Å². The summed E-state index contributed by atoms with van der Waals surface area (Å²) in [5.41, 5.74) is 0. The van der Waals surface area contributed by atoms with Crippen molar-refractivity contribution in [3.8, 4) is 0 Å². The minimum atomic E-state index is -0.669. The normalized spacial score (nSPS) is 12.6. The fraction of sp³-hybridized carbons (Fsp3) is 0.932. The van der Waals surface area contributed by atoms with Crippen LogP contribution in [0.2, 0.25) is 0 Å². The monoisotopic (exact) mass is 918 g/mol. The highest BCUT2D eigenvalue weighted by molar-refractivity contribution is 5.76. The van der Waals surface area contributed by atoms with Crippen molar-refractivity contribution < 1.29 is 24.5 Å². The lowest BCUT2D eigenvalue weighted by Gasteiger charge is -2.22. The molecule has 0 aromatic heterocycles.